The maximum Gasteiger partial charge on any atom is 0.410 e. The van der Waals surface area contributed by atoms with Gasteiger partial charge in [-0.25, -0.2) is 23.3 Å². The Bertz CT molecular complexity index is 804. The number of carbonyl (C=O) groups is 1. The molecule has 10 heteroatoms. The van der Waals surface area contributed by atoms with Gasteiger partial charge in [0.15, 0.2) is 5.03 Å². The highest BCUT2D eigenvalue weighted by Crippen LogP contribution is 2.31. The molecule has 0 aliphatic carbocycles. The number of nitrogens with zero attached hydrogens (tertiary/aromatic N) is 2. The van der Waals surface area contributed by atoms with Crippen LogP contribution in [0.25, 0.3) is 0 Å². The van der Waals surface area contributed by atoms with E-state index in [0.29, 0.717) is 31.9 Å². The fourth-order valence-corrected chi connectivity index (χ4v) is 3.50. The molecule has 1 amide bonds. The van der Waals surface area contributed by atoms with Crippen LogP contribution in [0.1, 0.15) is 41.0 Å². The van der Waals surface area contributed by atoms with Crippen molar-refractivity contribution in [2.45, 2.75) is 63.3 Å². The van der Waals surface area contributed by atoms with Crippen LogP contribution in [-0.2, 0) is 19.5 Å². The van der Waals surface area contributed by atoms with E-state index in [9.17, 15) is 13.2 Å². The number of nitrogens with two attached hydrogens (primary N) is 1. The minimum atomic E-state index is -3.84. The number of hydrogen-bond acceptors (Lipinski definition) is 7. The van der Waals surface area contributed by atoms with Crippen LogP contribution in [0.2, 0.25) is 0 Å². The van der Waals surface area contributed by atoms with Crippen molar-refractivity contribution in [3.63, 3.8) is 0 Å². The van der Waals surface area contributed by atoms with Crippen LogP contribution in [0.4, 0.5) is 10.6 Å². The van der Waals surface area contributed by atoms with E-state index in [-0.39, 0.29) is 22.8 Å². The molecular formula is C18H30N4O5S. The Morgan fingerprint density at radius 2 is 2.07 bits per heavy atom. The van der Waals surface area contributed by atoms with E-state index in [4.69, 9.17) is 14.6 Å². The first kappa shape index (κ1) is 22.4. The predicted octanol–water partition coefficient (Wildman–Crippen LogP) is 1.95. The molecule has 1 saturated heterocycles. The number of nitrogens with one attached hydrogen (secondary N) is 1. The molecular weight excluding hydrogens is 384 g/mol. The fraction of sp³-hybridized carbons (Fsp3) is 0.667. The first-order valence-electron chi connectivity index (χ1n) is 9.14. The molecule has 1 aromatic rings. The minimum Gasteiger partial charge on any atom is -0.444 e. The zero-order valence-corrected chi connectivity index (χ0v) is 17.9. The zero-order chi connectivity index (χ0) is 21.2. The number of amides is 1. The molecule has 0 radical (unpaired) electrons. The summed E-state index contributed by atoms with van der Waals surface area (Å²) in [5, 5.41) is 7.89. The number of rotatable bonds is 6. The Hall–Kier alpha value is -1.91. The van der Waals surface area contributed by atoms with E-state index in [0.717, 1.165) is 0 Å². The summed E-state index contributed by atoms with van der Waals surface area (Å²) in [6.07, 6.45) is 0.254. The van der Waals surface area contributed by atoms with Crippen molar-refractivity contribution in [1.82, 2.24) is 9.88 Å². The summed E-state index contributed by atoms with van der Waals surface area (Å²) in [5.41, 5.74) is -0.902. The van der Waals surface area contributed by atoms with Gasteiger partial charge < -0.3 is 19.7 Å². The van der Waals surface area contributed by atoms with Crippen LogP contribution >= 0.6 is 0 Å². The van der Waals surface area contributed by atoms with Crippen LogP contribution in [0.3, 0.4) is 0 Å². The number of ether oxygens (including phenoxy) is 2. The number of sulfonamides is 1. The lowest BCUT2D eigenvalue weighted by Gasteiger charge is -2.33. The van der Waals surface area contributed by atoms with E-state index in [1.807, 2.05) is 34.6 Å². The molecule has 2 rings (SSSR count). The van der Waals surface area contributed by atoms with E-state index in [1.165, 1.54) is 6.07 Å². The fourth-order valence-electron chi connectivity index (χ4n) is 3.01. The standard InChI is InChI=1S/C18H30N4O5S/c1-17(2,3)27-16(23)22-12-13(11-18(22,4)5)26-10-9-20-14-7-6-8-15(21-14)28(19,24)25/h6-8,13H,9-12H2,1-5H3,(H,20,21)(H2,19,24,25)/t13-/m0/s1. The van der Waals surface area contributed by atoms with Gasteiger partial charge in [-0.05, 0) is 53.2 Å². The van der Waals surface area contributed by atoms with E-state index < -0.39 is 15.6 Å². The zero-order valence-electron chi connectivity index (χ0n) is 17.1. The number of anilines is 1. The maximum absolute atomic E-state index is 12.4. The molecule has 0 unspecified atom stereocenters. The van der Waals surface area contributed by atoms with Crippen LogP contribution in [-0.4, -0.2) is 61.3 Å². The molecule has 0 saturated carbocycles. The molecule has 28 heavy (non-hydrogen) atoms. The molecule has 1 aliphatic rings. The Morgan fingerprint density at radius 1 is 1.39 bits per heavy atom. The number of carbonyl (C=O) groups excluding carboxylic acids is 1. The number of likely N-dealkylation sites (tertiary alicyclic amines) is 1. The van der Waals surface area contributed by atoms with E-state index in [2.05, 4.69) is 10.3 Å². The minimum absolute atomic E-state index is 0.104. The van der Waals surface area contributed by atoms with Gasteiger partial charge in [-0.2, -0.15) is 0 Å². The highest BCUT2D eigenvalue weighted by Gasteiger charge is 2.43. The highest BCUT2D eigenvalue weighted by atomic mass is 32.2. The molecule has 9 nitrogen and oxygen atoms in total. The summed E-state index contributed by atoms with van der Waals surface area (Å²) in [4.78, 5) is 18.1. The molecule has 1 aromatic heterocycles. The highest BCUT2D eigenvalue weighted by molar-refractivity contribution is 7.89. The summed E-state index contributed by atoms with van der Waals surface area (Å²) in [7, 11) is -3.84. The second-order valence-electron chi connectivity index (χ2n) is 8.43. The van der Waals surface area contributed by atoms with Gasteiger partial charge in [0.25, 0.3) is 10.0 Å². The van der Waals surface area contributed by atoms with Gasteiger partial charge in [0.1, 0.15) is 11.4 Å². The van der Waals surface area contributed by atoms with Crippen LogP contribution in [0.5, 0.6) is 0 Å². The third-order valence-electron chi connectivity index (χ3n) is 4.23. The van der Waals surface area contributed by atoms with Crippen molar-refractivity contribution in [3.05, 3.63) is 18.2 Å². The lowest BCUT2D eigenvalue weighted by atomic mass is 10.0. The topological polar surface area (TPSA) is 124 Å². The Labute approximate surface area is 166 Å². The third kappa shape index (κ3) is 6.32. The number of pyridine rings is 1. The summed E-state index contributed by atoms with van der Waals surface area (Å²) in [6.45, 7) is 10.8. The van der Waals surface area contributed by atoms with Crippen LogP contribution in [0, 0.1) is 0 Å². The molecule has 1 aliphatic heterocycles. The lowest BCUT2D eigenvalue weighted by Crippen LogP contribution is -2.45. The smallest absolute Gasteiger partial charge is 0.410 e. The first-order chi connectivity index (χ1) is 12.8. The van der Waals surface area contributed by atoms with Crippen molar-refractivity contribution in [3.8, 4) is 0 Å². The van der Waals surface area contributed by atoms with Crippen LogP contribution in [0.15, 0.2) is 23.2 Å². The quantitative estimate of drug-likeness (QED) is 0.682. The number of aromatic nitrogens is 1. The van der Waals surface area contributed by atoms with Gasteiger partial charge >= 0.3 is 6.09 Å². The third-order valence-corrected chi connectivity index (χ3v) is 5.05. The van der Waals surface area contributed by atoms with Crippen molar-refractivity contribution < 1.29 is 22.7 Å². The molecule has 1 fully saturated rings. The van der Waals surface area contributed by atoms with E-state index >= 15 is 0 Å². The molecule has 1 atom stereocenters. The summed E-state index contributed by atoms with van der Waals surface area (Å²) in [5.74, 6) is 0.400. The summed E-state index contributed by atoms with van der Waals surface area (Å²) in [6, 6.07) is 4.55. The second-order valence-corrected chi connectivity index (χ2v) is 9.94. The Morgan fingerprint density at radius 3 is 2.68 bits per heavy atom. The average molecular weight is 415 g/mol. The lowest BCUT2D eigenvalue weighted by molar-refractivity contribution is 0.0105. The largest absolute Gasteiger partial charge is 0.444 e. The summed E-state index contributed by atoms with van der Waals surface area (Å²) < 4.78 is 34.1. The molecule has 2 heterocycles. The van der Waals surface area contributed by atoms with Crippen molar-refractivity contribution in [2.75, 3.05) is 25.0 Å². The Kier molecular flexibility index (Phi) is 6.57. The van der Waals surface area contributed by atoms with Gasteiger partial charge in [0, 0.05) is 12.1 Å². The van der Waals surface area contributed by atoms with Gasteiger partial charge in [-0.3, -0.25) is 0 Å². The van der Waals surface area contributed by atoms with Crippen LogP contribution < -0.4 is 10.5 Å². The van der Waals surface area contributed by atoms with Crippen molar-refractivity contribution in [1.29, 1.82) is 0 Å². The van der Waals surface area contributed by atoms with Gasteiger partial charge in [-0.15, -0.1) is 0 Å². The van der Waals surface area contributed by atoms with Crippen molar-refractivity contribution >= 4 is 21.9 Å². The molecule has 158 valence electrons. The molecule has 0 aromatic carbocycles. The van der Waals surface area contributed by atoms with E-state index in [1.54, 1.807) is 17.0 Å². The average Bonchev–Trinajstić information content (AvgIpc) is 2.84. The number of primary sulfonamides is 1. The predicted molar refractivity (Wildman–Crippen MR) is 105 cm³/mol. The SMILES string of the molecule is CC(C)(C)OC(=O)N1C[C@@H](OCCNc2cccc(S(N)(=O)=O)n2)CC1(C)C. The van der Waals surface area contributed by atoms with Gasteiger partial charge in [-0.1, -0.05) is 6.07 Å². The van der Waals surface area contributed by atoms with Crippen molar-refractivity contribution in [2.24, 2.45) is 5.14 Å². The second kappa shape index (κ2) is 8.22. The molecule has 0 spiro atoms. The Balaban J connectivity index is 1.83. The van der Waals surface area contributed by atoms with Gasteiger partial charge in [0.05, 0.1) is 19.3 Å². The first-order valence-corrected chi connectivity index (χ1v) is 10.7. The van der Waals surface area contributed by atoms with Gasteiger partial charge in [0.2, 0.25) is 0 Å². The monoisotopic (exact) mass is 414 g/mol. The molecule has 0 bridgehead atoms. The molecule has 3 N–H and O–H groups in total. The maximum atomic E-state index is 12.4. The number of hydrogen-bond donors (Lipinski definition) is 2. The summed E-state index contributed by atoms with van der Waals surface area (Å²) >= 11 is 0. The normalized spacial score (nSPS) is 19.5.